The van der Waals surface area contributed by atoms with Gasteiger partial charge in [-0.05, 0) is 26.7 Å². The third-order valence-electron chi connectivity index (χ3n) is 2.91. The molecule has 5 nitrogen and oxygen atoms in total. The average Bonchev–Trinajstić information content (AvgIpc) is 2.71. The minimum absolute atomic E-state index is 0.00885. The van der Waals surface area contributed by atoms with E-state index >= 15 is 0 Å². The van der Waals surface area contributed by atoms with Crippen LogP contribution in [0.5, 0.6) is 0 Å². The maximum atomic E-state index is 11.9. The van der Waals surface area contributed by atoms with Crippen LogP contribution >= 0.6 is 0 Å². The Morgan fingerprint density at radius 1 is 1.56 bits per heavy atom. The lowest BCUT2D eigenvalue weighted by Crippen LogP contribution is -2.48. The molecule has 1 saturated heterocycles. The number of carbonyl (C=O) groups is 1. The molecule has 2 heterocycles. The molecule has 5 heteroatoms. The molecule has 1 aromatic rings. The van der Waals surface area contributed by atoms with Crippen LogP contribution in [0.25, 0.3) is 0 Å². The molecule has 1 aliphatic rings. The number of aromatic nitrogens is 2. The molecule has 1 unspecified atom stereocenters. The standard InChI is InChI=1S/C11H18N4O/c1-8(2)15-7-9(6-13-15)14-5-3-4-10(12)11(14)16/h6-8,10H,3-5,12H2,1-2H3. The van der Waals surface area contributed by atoms with Crippen LogP contribution < -0.4 is 10.6 Å². The number of nitrogens with two attached hydrogens (primary N) is 1. The van der Waals surface area contributed by atoms with Crippen molar-refractivity contribution in [3.8, 4) is 0 Å². The zero-order valence-electron chi connectivity index (χ0n) is 9.76. The second kappa shape index (κ2) is 4.25. The molecule has 0 radical (unpaired) electrons. The highest BCUT2D eigenvalue weighted by Crippen LogP contribution is 2.20. The molecule has 2 N–H and O–H groups in total. The van der Waals surface area contributed by atoms with E-state index in [0.717, 1.165) is 25.1 Å². The first kappa shape index (κ1) is 11.1. The van der Waals surface area contributed by atoms with Crippen molar-refractivity contribution in [1.82, 2.24) is 9.78 Å². The first-order chi connectivity index (χ1) is 7.59. The topological polar surface area (TPSA) is 64.2 Å². The van der Waals surface area contributed by atoms with Crippen molar-refractivity contribution >= 4 is 11.6 Å². The minimum atomic E-state index is -0.351. The molecule has 1 amide bonds. The SMILES string of the molecule is CC(C)n1cc(N2CCCC(N)C2=O)cn1. The van der Waals surface area contributed by atoms with E-state index in [9.17, 15) is 4.79 Å². The molecule has 1 aliphatic heterocycles. The highest BCUT2D eigenvalue weighted by Gasteiger charge is 2.27. The summed E-state index contributed by atoms with van der Waals surface area (Å²) in [6, 6.07) is -0.0431. The Kier molecular flexibility index (Phi) is 2.96. The Morgan fingerprint density at radius 2 is 2.31 bits per heavy atom. The molecule has 1 fully saturated rings. The van der Waals surface area contributed by atoms with E-state index in [-0.39, 0.29) is 11.9 Å². The van der Waals surface area contributed by atoms with Crippen molar-refractivity contribution in [1.29, 1.82) is 0 Å². The van der Waals surface area contributed by atoms with Gasteiger partial charge in [-0.3, -0.25) is 9.48 Å². The molecular formula is C11H18N4O. The number of hydrogen-bond acceptors (Lipinski definition) is 3. The Labute approximate surface area is 95.2 Å². The molecule has 1 aromatic heterocycles. The summed E-state index contributed by atoms with van der Waals surface area (Å²) in [5.41, 5.74) is 6.61. The van der Waals surface area contributed by atoms with E-state index in [1.807, 2.05) is 10.9 Å². The maximum Gasteiger partial charge on any atom is 0.243 e. The largest absolute Gasteiger partial charge is 0.320 e. The number of amides is 1. The smallest absolute Gasteiger partial charge is 0.243 e. The summed E-state index contributed by atoms with van der Waals surface area (Å²) >= 11 is 0. The molecule has 0 aliphatic carbocycles. The molecule has 0 aromatic carbocycles. The summed E-state index contributed by atoms with van der Waals surface area (Å²) in [5, 5.41) is 4.23. The molecule has 0 saturated carbocycles. The Balaban J connectivity index is 2.19. The van der Waals surface area contributed by atoms with Crippen LogP contribution in [0.15, 0.2) is 12.4 Å². The second-order valence-electron chi connectivity index (χ2n) is 4.51. The van der Waals surface area contributed by atoms with Crippen LogP contribution in [0.1, 0.15) is 32.7 Å². The molecule has 0 bridgehead atoms. The fourth-order valence-corrected chi connectivity index (χ4v) is 1.91. The molecular weight excluding hydrogens is 204 g/mol. The monoisotopic (exact) mass is 222 g/mol. The first-order valence-corrected chi connectivity index (χ1v) is 5.70. The van der Waals surface area contributed by atoms with Crippen LogP contribution in [0.4, 0.5) is 5.69 Å². The number of hydrogen-bond donors (Lipinski definition) is 1. The van der Waals surface area contributed by atoms with Crippen molar-refractivity contribution in [3.05, 3.63) is 12.4 Å². The Bertz CT molecular complexity index is 385. The zero-order valence-corrected chi connectivity index (χ0v) is 9.76. The highest BCUT2D eigenvalue weighted by atomic mass is 16.2. The zero-order chi connectivity index (χ0) is 11.7. The van der Waals surface area contributed by atoms with Gasteiger partial charge in [0.1, 0.15) is 0 Å². The number of rotatable bonds is 2. The van der Waals surface area contributed by atoms with Gasteiger partial charge in [-0.15, -0.1) is 0 Å². The molecule has 2 rings (SSSR count). The van der Waals surface area contributed by atoms with Gasteiger partial charge in [-0.25, -0.2) is 0 Å². The quantitative estimate of drug-likeness (QED) is 0.809. The van der Waals surface area contributed by atoms with Gasteiger partial charge in [0.2, 0.25) is 5.91 Å². The molecule has 16 heavy (non-hydrogen) atoms. The lowest BCUT2D eigenvalue weighted by molar-refractivity contribution is -0.120. The minimum Gasteiger partial charge on any atom is -0.320 e. The number of nitrogens with zero attached hydrogens (tertiary/aromatic N) is 3. The second-order valence-corrected chi connectivity index (χ2v) is 4.51. The van der Waals surface area contributed by atoms with E-state index in [1.165, 1.54) is 0 Å². The van der Waals surface area contributed by atoms with E-state index in [2.05, 4.69) is 18.9 Å². The summed E-state index contributed by atoms with van der Waals surface area (Å²) in [6.07, 6.45) is 5.38. The van der Waals surface area contributed by atoms with Crippen molar-refractivity contribution in [2.24, 2.45) is 5.73 Å². The van der Waals surface area contributed by atoms with Crippen molar-refractivity contribution in [2.45, 2.75) is 38.8 Å². The van der Waals surface area contributed by atoms with E-state index in [1.54, 1.807) is 11.1 Å². The van der Waals surface area contributed by atoms with Gasteiger partial charge in [0.15, 0.2) is 0 Å². The van der Waals surface area contributed by atoms with E-state index < -0.39 is 0 Å². The normalized spacial score (nSPS) is 21.9. The lowest BCUT2D eigenvalue weighted by Gasteiger charge is -2.29. The van der Waals surface area contributed by atoms with Gasteiger partial charge in [-0.1, -0.05) is 0 Å². The Morgan fingerprint density at radius 3 is 2.94 bits per heavy atom. The average molecular weight is 222 g/mol. The third kappa shape index (κ3) is 1.95. The first-order valence-electron chi connectivity index (χ1n) is 5.70. The lowest BCUT2D eigenvalue weighted by atomic mass is 10.1. The van der Waals surface area contributed by atoms with Gasteiger partial charge in [0.05, 0.1) is 17.9 Å². The predicted molar refractivity (Wildman–Crippen MR) is 62.2 cm³/mol. The van der Waals surface area contributed by atoms with Crippen molar-refractivity contribution in [3.63, 3.8) is 0 Å². The highest BCUT2D eigenvalue weighted by molar-refractivity contribution is 5.97. The van der Waals surface area contributed by atoms with Crippen LogP contribution in [-0.2, 0) is 4.79 Å². The fourth-order valence-electron chi connectivity index (χ4n) is 1.91. The fraction of sp³-hybridized carbons (Fsp3) is 0.636. The van der Waals surface area contributed by atoms with Crippen molar-refractivity contribution in [2.75, 3.05) is 11.4 Å². The Hall–Kier alpha value is -1.36. The van der Waals surface area contributed by atoms with Gasteiger partial charge >= 0.3 is 0 Å². The summed E-state index contributed by atoms with van der Waals surface area (Å²) in [6.45, 7) is 4.86. The molecule has 88 valence electrons. The van der Waals surface area contributed by atoms with E-state index in [0.29, 0.717) is 6.04 Å². The van der Waals surface area contributed by atoms with Crippen LogP contribution in [0.3, 0.4) is 0 Å². The summed E-state index contributed by atoms with van der Waals surface area (Å²) < 4.78 is 1.85. The van der Waals surface area contributed by atoms with Crippen molar-refractivity contribution < 1.29 is 4.79 Å². The number of carbonyl (C=O) groups excluding carboxylic acids is 1. The predicted octanol–water partition coefficient (Wildman–Crippen LogP) is 0.918. The third-order valence-corrected chi connectivity index (χ3v) is 2.91. The molecule has 0 spiro atoms. The summed E-state index contributed by atoms with van der Waals surface area (Å²) in [7, 11) is 0. The van der Waals surface area contributed by atoms with Crippen LogP contribution in [-0.4, -0.2) is 28.3 Å². The summed E-state index contributed by atoms with van der Waals surface area (Å²) in [4.78, 5) is 13.6. The maximum absolute atomic E-state index is 11.9. The van der Waals surface area contributed by atoms with Gasteiger partial charge in [0, 0.05) is 18.8 Å². The van der Waals surface area contributed by atoms with Gasteiger partial charge < -0.3 is 10.6 Å². The van der Waals surface area contributed by atoms with Gasteiger partial charge in [-0.2, -0.15) is 5.10 Å². The number of anilines is 1. The van der Waals surface area contributed by atoms with Crippen LogP contribution in [0, 0.1) is 0 Å². The van der Waals surface area contributed by atoms with E-state index in [4.69, 9.17) is 5.73 Å². The number of piperidine rings is 1. The summed E-state index contributed by atoms with van der Waals surface area (Å²) in [5.74, 6) is 0.00885. The molecule has 1 atom stereocenters. The van der Waals surface area contributed by atoms with Gasteiger partial charge in [0.25, 0.3) is 0 Å². The van der Waals surface area contributed by atoms with Crippen LogP contribution in [0.2, 0.25) is 0 Å².